The number of nitrogens with one attached hydrogen (secondary N) is 1. The van der Waals surface area contributed by atoms with Gasteiger partial charge in [-0.25, -0.2) is 8.42 Å². The molecule has 1 saturated carbocycles. The molecule has 0 heterocycles. The summed E-state index contributed by atoms with van der Waals surface area (Å²) >= 11 is 0. The van der Waals surface area contributed by atoms with E-state index in [0.717, 1.165) is 12.8 Å². The van der Waals surface area contributed by atoms with Crippen LogP contribution in [0.5, 0.6) is 0 Å². The topological polar surface area (TPSA) is 83.5 Å². The summed E-state index contributed by atoms with van der Waals surface area (Å²) in [6, 6.07) is 0. The van der Waals surface area contributed by atoms with Crippen LogP contribution in [-0.2, 0) is 14.8 Å². The fourth-order valence-corrected chi connectivity index (χ4v) is 3.63. The largest absolute Gasteiger partial charge is 0.480 e. The van der Waals surface area contributed by atoms with Gasteiger partial charge in [-0.2, -0.15) is 4.72 Å². The fourth-order valence-electron chi connectivity index (χ4n) is 1.77. The Morgan fingerprint density at radius 3 is 2.31 bits per heavy atom. The van der Waals surface area contributed by atoms with Gasteiger partial charge < -0.3 is 5.11 Å². The van der Waals surface area contributed by atoms with Crippen molar-refractivity contribution in [2.45, 2.75) is 39.2 Å². The highest BCUT2D eigenvalue weighted by atomic mass is 32.2. The second kappa shape index (κ2) is 4.33. The average molecular weight is 249 g/mol. The number of carboxylic acids is 1. The highest BCUT2D eigenvalue weighted by Crippen LogP contribution is 2.40. The van der Waals surface area contributed by atoms with Crippen molar-refractivity contribution in [3.63, 3.8) is 0 Å². The minimum Gasteiger partial charge on any atom is -0.480 e. The first-order chi connectivity index (χ1) is 7.17. The standard InChI is InChI=1S/C10H19NO4S/c1-7(2)6-16(14,15)11-10(3,9(12)13)8-4-5-8/h7-8,11H,4-6H2,1-3H3,(H,12,13). The molecule has 0 aromatic heterocycles. The van der Waals surface area contributed by atoms with Crippen molar-refractivity contribution in [2.75, 3.05) is 5.75 Å². The zero-order chi connectivity index (χ0) is 12.6. The third-order valence-electron chi connectivity index (χ3n) is 2.76. The maximum absolute atomic E-state index is 11.7. The van der Waals surface area contributed by atoms with Gasteiger partial charge in [-0.15, -0.1) is 0 Å². The van der Waals surface area contributed by atoms with Crippen LogP contribution in [0.25, 0.3) is 0 Å². The third-order valence-corrected chi connectivity index (χ3v) is 4.60. The summed E-state index contributed by atoms with van der Waals surface area (Å²) in [7, 11) is -3.52. The Morgan fingerprint density at radius 2 is 2.00 bits per heavy atom. The van der Waals surface area contributed by atoms with Crippen LogP contribution in [0.3, 0.4) is 0 Å². The van der Waals surface area contributed by atoms with Gasteiger partial charge >= 0.3 is 5.97 Å². The van der Waals surface area contributed by atoms with E-state index >= 15 is 0 Å². The second-order valence-electron chi connectivity index (χ2n) is 5.06. The van der Waals surface area contributed by atoms with Gasteiger partial charge in [-0.05, 0) is 31.6 Å². The molecular weight excluding hydrogens is 230 g/mol. The van der Waals surface area contributed by atoms with Crippen molar-refractivity contribution in [1.82, 2.24) is 4.72 Å². The molecule has 0 aromatic rings. The molecule has 1 aliphatic carbocycles. The van der Waals surface area contributed by atoms with Gasteiger partial charge in [0.15, 0.2) is 0 Å². The molecule has 0 amide bonds. The van der Waals surface area contributed by atoms with Gasteiger partial charge in [0.25, 0.3) is 0 Å². The maximum atomic E-state index is 11.7. The van der Waals surface area contributed by atoms with E-state index in [9.17, 15) is 13.2 Å². The number of rotatable bonds is 6. The van der Waals surface area contributed by atoms with Crippen LogP contribution in [0.15, 0.2) is 0 Å². The zero-order valence-electron chi connectivity index (χ0n) is 9.86. The molecule has 1 rings (SSSR count). The van der Waals surface area contributed by atoms with Gasteiger partial charge in [0, 0.05) is 0 Å². The molecule has 0 bridgehead atoms. The highest BCUT2D eigenvalue weighted by Gasteiger charge is 2.49. The molecule has 1 unspecified atom stereocenters. The Labute approximate surface area is 96.3 Å². The van der Waals surface area contributed by atoms with E-state index in [4.69, 9.17) is 5.11 Å². The molecule has 0 spiro atoms. The Kier molecular flexibility index (Phi) is 3.64. The number of sulfonamides is 1. The molecule has 0 radical (unpaired) electrons. The summed E-state index contributed by atoms with van der Waals surface area (Å²) in [5.74, 6) is -1.23. The molecule has 2 N–H and O–H groups in total. The van der Waals surface area contributed by atoms with Crippen LogP contribution in [0.1, 0.15) is 33.6 Å². The summed E-state index contributed by atoms with van der Waals surface area (Å²) in [4.78, 5) is 11.1. The number of carboxylic acid groups (broad SMARTS) is 1. The van der Waals surface area contributed by atoms with Crippen LogP contribution in [0.2, 0.25) is 0 Å². The van der Waals surface area contributed by atoms with Crippen molar-refractivity contribution < 1.29 is 18.3 Å². The predicted molar refractivity (Wildman–Crippen MR) is 60.5 cm³/mol. The molecule has 1 aliphatic rings. The summed E-state index contributed by atoms with van der Waals surface area (Å²) in [6.07, 6.45) is 1.54. The molecule has 0 aromatic carbocycles. The number of carbonyl (C=O) groups is 1. The molecule has 16 heavy (non-hydrogen) atoms. The summed E-state index contributed by atoms with van der Waals surface area (Å²) in [5, 5.41) is 9.11. The van der Waals surface area contributed by atoms with Crippen LogP contribution in [0, 0.1) is 11.8 Å². The lowest BCUT2D eigenvalue weighted by atomic mass is 9.98. The summed E-state index contributed by atoms with van der Waals surface area (Å²) in [5.41, 5.74) is -1.34. The van der Waals surface area contributed by atoms with Crippen molar-refractivity contribution in [1.29, 1.82) is 0 Å². The van der Waals surface area contributed by atoms with E-state index < -0.39 is 21.5 Å². The first kappa shape index (κ1) is 13.4. The normalized spacial score (nSPS) is 20.8. The highest BCUT2D eigenvalue weighted by molar-refractivity contribution is 7.89. The second-order valence-corrected chi connectivity index (χ2v) is 6.83. The van der Waals surface area contributed by atoms with Gasteiger partial charge in [0.05, 0.1) is 5.75 Å². The van der Waals surface area contributed by atoms with E-state index in [1.54, 1.807) is 13.8 Å². The molecule has 5 nitrogen and oxygen atoms in total. The molecule has 1 atom stereocenters. The van der Waals surface area contributed by atoms with Gasteiger partial charge in [-0.3, -0.25) is 4.79 Å². The lowest BCUT2D eigenvalue weighted by Gasteiger charge is -2.26. The molecule has 0 aliphatic heterocycles. The van der Waals surface area contributed by atoms with E-state index in [1.165, 1.54) is 6.92 Å². The van der Waals surface area contributed by atoms with Crippen molar-refractivity contribution in [2.24, 2.45) is 11.8 Å². The average Bonchev–Trinajstić information content (AvgIpc) is 2.80. The lowest BCUT2D eigenvalue weighted by Crippen LogP contribution is -2.54. The van der Waals surface area contributed by atoms with Gasteiger partial charge in [0.1, 0.15) is 5.54 Å². The monoisotopic (exact) mass is 249 g/mol. The first-order valence-electron chi connectivity index (χ1n) is 5.42. The third kappa shape index (κ3) is 3.18. The Morgan fingerprint density at radius 1 is 1.50 bits per heavy atom. The van der Waals surface area contributed by atoms with Crippen LogP contribution < -0.4 is 4.72 Å². The van der Waals surface area contributed by atoms with Crippen LogP contribution in [-0.4, -0.2) is 30.8 Å². The number of aliphatic carboxylic acids is 1. The maximum Gasteiger partial charge on any atom is 0.324 e. The Balaban J connectivity index is 2.80. The molecule has 0 saturated heterocycles. The van der Waals surface area contributed by atoms with Gasteiger partial charge in [-0.1, -0.05) is 13.8 Å². The fraction of sp³-hybridized carbons (Fsp3) is 0.900. The number of hydrogen-bond donors (Lipinski definition) is 2. The lowest BCUT2D eigenvalue weighted by molar-refractivity contribution is -0.144. The van der Waals surface area contributed by atoms with Crippen LogP contribution >= 0.6 is 0 Å². The van der Waals surface area contributed by atoms with Crippen molar-refractivity contribution in [3.8, 4) is 0 Å². The molecule has 1 fully saturated rings. The SMILES string of the molecule is CC(C)CS(=O)(=O)NC(C)(C(=O)O)C1CC1. The van der Waals surface area contributed by atoms with Gasteiger partial charge in [0.2, 0.25) is 10.0 Å². The summed E-state index contributed by atoms with van der Waals surface area (Å²) in [6.45, 7) is 5.02. The smallest absolute Gasteiger partial charge is 0.324 e. The summed E-state index contributed by atoms with van der Waals surface area (Å²) < 4.78 is 25.8. The van der Waals surface area contributed by atoms with E-state index in [-0.39, 0.29) is 17.6 Å². The Hall–Kier alpha value is -0.620. The van der Waals surface area contributed by atoms with Crippen LogP contribution in [0.4, 0.5) is 0 Å². The predicted octanol–water partition coefficient (Wildman–Crippen LogP) is 0.815. The number of hydrogen-bond acceptors (Lipinski definition) is 3. The minimum absolute atomic E-state index is 0.0188. The molecule has 94 valence electrons. The quantitative estimate of drug-likeness (QED) is 0.730. The van der Waals surface area contributed by atoms with Crippen molar-refractivity contribution >= 4 is 16.0 Å². The van der Waals surface area contributed by atoms with E-state index in [1.807, 2.05) is 0 Å². The van der Waals surface area contributed by atoms with E-state index in [2.05, 4.69) is 4.72 Å². The minimum atomic E-state index is -3.52. The Bertz CT molecular complexity index is 372. The molecular formula is C10H19NO4S. The van der Waals surface area contributed by atoms with E-state index in [0.29, 0.717) is 0 Å². The zero-order valence-corrected chi connectivity index (χ0v) is 10.7. The molecule has 6 heteroatoms. The van der Waals surface area contributed by atoms with Crippen molar-refractivity contribution in [3.05, 3.63) is 0 Å². The first-order valence-corrected chi connectivity index (χ1v) is 7.07.